The first-order valence-electron chi connectivity index (χ1n) is 13.4. The summed E-state index contributed by atoms with van der Waals surface area (Å²) in [6.45, 7) is 1.25. The summed E-state index contributed by atoms with van der Waals surface area (Å²) in [6.07, 6.45) is -15.8. The number of aryl methyl sites for hydroxylation is 1. The Morgan fingerprint density at radius 1 is 0.549 bits per heavy atom. The lowest BCUT2D eigenvalue weighted by Gasteiger charge is -2.15. The molecule has 1 aromatic carbocycles. The quantitative estimate of drug-likeness (QED) is 0.194. The van der Waals surface area contributed by atoms with Gasteiger partial charge in [0.15, 0.2) is 0 Å². The number of alkyl halides is 9. The number of pyridine rings is 2. The summed E-state index contributed by atoms with van der Waals surface area (Å²) < 4.78 is 124. The topological polar surface area (TPSA) is 193 Å². The molecule has 0 unspecified atom stereocenters. The highest BCUT2D eigenvalue weighted by molar-refractivity contribution is 6.41. The summed E-state index contributed by atoms with van der Waals surface area (Å²) in [5.41, 5.74) is -16.1. The molecule has 10 nitrogen and oxygen atoms in total. The summed E-state index contributed by atoms with van der Waals surface area (Å²) >= 11 is 0. The van der Waals surface area contributed by atoms with Gasteiger partial charge >= 0.3 is 18.5 Å². The van der Waals surface area contributed by atoms with Crippen LogP contribution in [0.4, 0.5) is 50.9 Å². The Bertz CT molecular complexity index is 2440. The number of aliphatic imine (C=N–C) groups is 2. The molecule has 248 valence electrons. The zero-order valence-electron chi connectivity index (χ0n) is 24.7. The first-order chi connectivity index (χ1) is 23.8. The van der Waals surface area contributed by atoms with Crippen LogP contribution in [0.3, 0.4) is 0 Å². The van der Waals surface area contributed by atoms with Crippen LogP contribution < -0.4 is 0 Å². The van der Waals surface area contributed by atoms with Gasteiger partial charge in [-0.05, 0) is 36.8 Å². The predicted molar refractivity (Wildman–Crippen MR) is 153 cm³/mol. The second-order valence-electron chi connectivity index (χ2n) is 10.3. The van der Waals surface area contributed by atoms with Crippen molar-refractivity contribution in [2.45, 2.75) is 25.5 Å². The minimum absolute atomic E-state index is 0.0248. The van der Waals surface area contributed by atoms with E-state index < -0.39 is 114 Å². The molecule has 0 fully saturated rings. The molecule has 3 aromatic rings. The Kier molecular flexibility index (Phi) is 8.20. The van der Waals surface area contributed by atoms with Crippen molar-refractivity contribution in [3.05, 3.63) is 91.6 Å². The van der Waals surface area contributed by atoms with E-state index in [2.05, 4.69) is 20.0 Å². The number of hydrogen-bond donors (Lipinski definition) is 0. The maximum absolute atomic E-state index is 13.8. The van der Waals surface area contributed by atoms with Crippen LogP contribution in [-0.4, -0.2) is 21.4 Å². The van der Waals surface area contributed by atoms with Gasteiger partial charge in [0.1, 0.15) is 64.5 Å². The standard InChI is InChI=1S/C32H7F9N10/c1-12-2-18(48-20(3-12)31(36,37)38)28-22(13(6-42)7-43)24-16(10-46)25-23(14(8-44)9-45)29(51-27(25)17(11-47)26(24)50-28)19-4-15(30(33,34)35)5-21(49-19)32(39,40)41/h2-5H,1H3. The van der Waals surface area contributed by atoms with Gasteiger partial charge < -0.3 is 0 Å². The van der Waals surface area contributed by atoms with Crippen molar-refractivity contribution in [3.8, 4) is 36.4 Å². The Morgan fingerprint density at radius 2 is 0.961 bits per heavy atom. The molecule has 0 saturated carbocycles. The second kappa shape index (κ2) is 12.0. The lowest BCUT2D eigenvalue weighted by Crippen LogP contribution is -2.17. The van der Waals surface area contributed by atoms with E-state index in [0.717, 1.165) is 6.07 Å². The number of nitriles is 6. The summed E-state index contributed by atoms with van der Waals surface area (Å²) in [7, 11) is 0. The van der Waals surface area contributed by atoms with Crippen molar-refractivity contribution in [1.29, 1.82) is 31.6 Å². The Labute approximate surface area is 278 Å². The van der Waals surface area contributed by atoms with Crippen LogP contribution in [0.15, 0.2) is 45.4 Å². The van der Waals surface area contributed by atoms with E-state index in [4.69, 9.17) is 0 Å². The molecule has 5 rings (SSSR count). The number of rotatable bonds is 2. The molecule has 0 bridgehead atoms. The highest BCUT2D eigenvalue weighted by Crippen LogP contribution is 2.53. The van der Waals surface area contributed by atoms with Gasteiger partial charge in [0.25, 0.3) is 0 Å². The van der Waals surface area contributed by atoms with Crippen molar-refractivity contribution >= 4 is 33.9 Å². The Morgan fingerprint density at radius 3 is 1.33 bits per heavy atom. The van der Waals surface area contributed by atoms with E-state index in [0.29, 0.717) is 6.07 Å². The number of hydrogen-bond acceptors (Lipinski definition) is 10. The monoisotopic (exact) mass is 702 g/mol. The van der Waals surface area contributed by atoms with Crippen LogP contribution in [0.25, 0.3) is 11.1 Å². The summed E-state index contributed by atoms with van der Waals surface area (Å²) in [5.74, 6) is 0. The van der Waals surface area contributed by atoms with Gasteiger partial charge in [-0.2, -0.15) is 71.1 Å². The van der Waals surface area contributed by atoms with Crippen LogP contribution in [0.1, 0.15) is 56.2 Å². The molecule has 0 radical (unpaired) electrons. The lowest BCUT2D eigenvalue weighted by atomic mass is 9.84. The largest absolute Gasteiger partial charge is 0.433 e. The molecule has 2 aromatic heterocycles. The predicted octanol–water partition coefficient (Wildman–Crippen LogP) is 7.46. The highest BCUT2D eigenvalue weighted by atomic mass is 19.4. The van der Waals surface area contributed by atoms with Crippen molar-refractivity contribution in [2.24, 2.45) is 9.98 Å². The number of allylic oxidation sites excluding steroid dienone is 4. The van der Waals surface area contributed by atoms with E-state index in [9.17, 15) is 71.1 Å². The zero-order chi connectivity index (χ0) is 37.8. The molecular formula is C32H7F9N10. The number of nitrogens with zero attached hydrogens (tertiary/aromatic N) is 10. The van der Waals surface area contributed by atoms with Crippen LogP contribution in [0, 0.1) is 74.9 Å². The molecule has 51 heavy (non-hydrogen) atoms. The smallest absolute Gasteiger partial charge is 0.244 e. The molecule has 2 aliphatic heterocycles. The average molecular weight is 702 g/mol. The number of benzene rings is 1. The molecule has 0 aliphatic carbocycles. The molecule has 2 aliphatic rings. The molecule has 0 saturated heterocycles. The fourth-order valence-electron chi connectivity index (χ4n) is 5.25. The molecule has 0 spiro atoms. The van der Waals surface area contributed by atoms with Crippen LogP contribution >= 0.6 is 0 Å². The molecular weight excluding hydrogens is 695 g/mol. The third-order valence-corrected chi connectivity index (χ3v) is 7.23. The highest BCUT2D eigenvalue weighted by Gasteiger charge is 2.43. The SMILES string of the molecule is Cc1cc(C2=Nc3c(C#N)c4c(c(C#N)c3C2=C(C#N)C#N)C(=C(C#N)C#N)C(c2cc(C(F)(F)F)cc(C(F)(F)F)n2)=N4)nc(C(F)(F)F)c1. The first-order valence-corrected chi connectivity index (χ1v) is 13.4. The van der Waals surface area contributed by atoms with Gasteiger partial charge in [0.2, 0.25) is 0 Å². The molecule has 4 heterocycles. The normalized spacial score (nSPS) is 13.3. The number of halogens is 9. The van der Waals surface area contributed by atoms with E-state index in [-0.39, 0.29) is 17.7 Å². The third-order valence-electron chi connectivity index (χ3n) is 7.23. The first kappa shape index (κ1) is 35.0. The average Bonchev–Trinajstić information content (AvgIpc) is 3.63. The van der Waals surface area contributed by atoms with Gasteiger partial charge in [-0.25, -0.2) is 20.0 Å². The molecule has 0 atom stereocenters. The Balaban J connectivity index is 1.97. The van der Waals surface area contributed by atoms with Gasteiger partial charge in [0.05, 0.1) is 45.3 Å². The fraction of sp³-hybridized carbons (Fsp3) is 0.125. The van der Waals surface area contributed by atoms with Crippen molar-refractivity contribution in [2.75, 3.05) is 0 Å². The summed E-state index contributed by atoms with van der Waals surface area (Å²) in [5, 5.41) is 60.0. The van der Waals surface area contributed by atoms with E-state index in [1.807, 2.05) is 0 Å². The lowest BCUT2D eigenvalue weighted by molar-refractivity contribution is -0.145. The molecule has 0 N–H and O–H groups in total. The molecule has 19 heteroatoms. The minimum atomic E-state index is -5.46. The number of fused-ring (bicyclic) bond motifs is 2. The summed E-state index contributed by atoms with van der Waals surface area (Å²) in [6, 6.07) is 10.7. The zero-order valence-corrected chi connectivity index (χ0v) is 24.7. The van der Waals surface area contributed by atoms with E-state index in [1.54, 1.807) is 12.1 Å². The van der Waals surface area contributed by atoms with Crippen molar-refractivity contribution in [3.63, 3.8) is 0 Å². The Hall–Kier alpha value is -7.35. The van der Waals surface area contributed by atoms with Crippen molar-refractivity contribution in [1.82, 2.24) is 9.97 Å². The van der Waals surface area contributed by atoms with Crippen LogP contribution in [0.5, 0.6) is 0 Å². The van der Waals surface area contributed by atoms with Gasteiger partial charge in [0, 0.05) is 22.3 Å². The van der Waals surface area contributed by atoms with Gasteiger partial charge in [-0.1, -0.05) is 0 Å². The third kappa shape index (κ3) is 5.76. The van der Waals surface area contributed by atoms with Crippen LogP contribution in [-0.2, 0) is 18.5 Å². The van der Waals surface area contributed by atoms with Gasteiger partial charge in [-0.3, -0.25) is 0 Å². The second-order valence-corrected chi connectivity index (χ2v) is 10.3. The molecule has 0 amide bonds. The van der Waals surface area contributed by atoms with Crippen molar-refractivity contribution < 1.29 is 39.5 Å². The van der Waals surface area contributed by atoms with E-state index in [1.165, 1.54) is 31.2 Å². The fourth-order valence-corrected chi connectivity index (χ4v) is 5.25. The number of aromatic nitrogens is 2. The van der Waals surface area contributed by atoms with Gasteiger partial charge in [-0.15, -0.1) is 0 Å². The maximum Gasteiger partial charge on any atom is 0.433 e. The summed E-state index contributed by atoms with van der Waals surface area (Å²) in [4.78, 5) is 14.9. The van der Waals surface area contributed by atoms with Crippen LogP contribution in [0.2, 0.25) is 0 Å². The van der Waals surface area contributed by atoms with E-state index >= 15 is 0 Å². The maximum atomic E-state index is 13.8. The minimum Gasteiger partial charge on any atom is -0.244 e.